The summed E-state index contributed by atoms with van der Waals surface area (Å²) in [4.78, 5) is 34.3. The van der Waals surface area contributed by atoms with E-state index in [1.807, 2.05) is 0 Å². The van der Waals surface area contributed by atoms with Gasteiger partial charge in [-0.1, -0.05) is 12.1 Å². The SMILES string of the molecule is CC(=O)c1ccc(S(=O)(=O)N2CCCCC2C(=O)OCc2ccc([N+](=O)[O-])cc2)cc1. The minimum atomic E-state index is -3.95. The predicted octanol–water partition coefficient (Wildman–Crippen LogP) is 3.08. The molecule has 9 nitrogen and oxygen atoms in total. The molecule has 1 fully saturated rings. The van der Waals surface area contributed by atoms with E-state index in [9.17, 15) is 28.1 Å². The van der Waals surface area contributed by atoms with Gasteiger partial charge in [0.1, 0.15) is 12.6 Å². The number of hydrogen-bond acceptors (Lipinski definition) is 7. The summed E-state index contributed by atoms with van der Waals surface area (Å²) >= 11 is 0. The third-order valence-corrected chi connectivity index (χ3v) is 7.04. The quantitative estimate of drug-likeness (QED) is 0.277. The Labute approximate surface area is 179 Å². The van der Waals surface area contributed by atoms with Gasteiger partial charge >= 0.3 is 5.97 Å². The number of piperidine rings is 1. The van der Waals surface area contributed by atoms with Gasteiger partial charge < -0.3 is 4.74 Å². The zero-order valence-corrected chi connectivity index (χ0v) is 17.7. The summed E-state index contributed by atoms with van der Waals surface area (Å²) < 4.78 is 32.7. The van der Waals surface area contributed by atoms with E-state index < -0.39 is 27.0 Å². The lowest BCUT2D eigenvalue weighted by atomic mass is 10.1. The highest BCUT2D eigenvalue weighted by Crippen LogP contribution is 2.27. The Morgan fingerprint density at radius 3 is 2.32 bits per heavy atom. The Bertz CT molecular complexity index is 1080. The maximum Gasteiger partial charge on any atom is 0.324 e. The first-order chi connectivity index (χ1) is 14.7. The van der Waals surface area contributed by atoms with Crippen LogP contribution in [0.25, 0.3) is 0 Å². The van der Waals surface area contributed by atoms with E-state index in [0.717, 1.165) is 4.31 Å². The van der Waals surface area contributed by atoms with Crippen molar-refractivity contribution in [2.75, 3.05) is 6.54 Å². The fraction of sp³-hybridized carbons (Fsp3) is 0.333. The third kappa shape index (κ3) is 5.15. The Hall–Kier alpha value is -3.11. The van der Waals surface area contributed by atoms with Crippen LogP contribution in [0, 0.1) is 10.1 Å². The average Bonchev–Trinajstić information content (AvgIpc) is 2.77. The molecule has 164 valence electrons. The van der Waals surface area contributed by atoms with Gasteiger partial charge in [0.25, 0.3) is 5.69 Å². The molecule has 0 radical (unpaired) electrons. The number of Topliss-reactive ketones (excluding diaryl/α,β-unsaturated/α-hetero) is 1. The second kappa shape index (κ2) is 9.36. The molecule has 3 rings (SSSR count). The van der Waals surface area contributed by atoms with Gasteiger partial charge in [-0.05, 0) is 56.0 Å². The number of nitrogens with zero attached hydrogens (tertiary/aromatic N) is 2. The lowest BCUT2D eigenvalue weighted by Gasteiger charge is -2.33. The number of sulfonamides is 1. The van der Waals surface area contributed by atoms with Gasteiger partial charge in [-0.25, -0.2) is 8.42 Å². The van der Waals surface area contributed by atoms with E-state index in [4.69, 9.17) is 4.74 Å². The van der Waals surface area contributed by atoms with E-state index in [-0.39, 0.29) is 29.5 Å². The molecule has 0 aromatic heterocycles. The van der Waals surface area contributed by atoms with Crippen molar-refractivity contribution in [3.05, 3.63) is 69.8 Å². The molecule has 2 aromatic rings. The molecule has 1 atom stereocenters. The number of ether oxygens (including phenoxy) is 1. The predicted molar refractivity (Wildman–Crippen MR) is 111 cm³/mol. The fourth-order valence-corrected chi connectivity index (χ4v) is 5.04. The summed E-state index contributed by atoms with van der Waals surface area (Å²) in [5.74, 6) is -0.836. The van der Waals surface area contributed by atoms with Gasteiger partial charge in [0.2, 0.25) is 10.0 Å². The molecule has 0 amide bonds. The Morgan fingerprint density at radius 1 is 1.10 bits per heavy atom. The normalized spacial score (nSPS) is 17.1. The standard InChI is InChI=1S/C21H22N2O7S/c1-15(24)17-7-11-19(12-8-17)31(28,29)22-13-3-2-4-20(22)21(25)30-14-16-5-9-18(10-6-16)23(26)27/h5-12,20H,2-4,13-14H2,1H3. The molecule has 0 aliphatic carbocycles. The monoisotopic (exact) mass is 446 g/mol. The highest BCUT2D eigenvalue weighted by atomic mass is 32.2. The minimum absolute atomic E-state index is 0.00701. The number of ketones is 1. The van der Waals surface area contributed by atoms with Crippen LogP contribution in [0.1, 0.15) is 42.1 Å². The second-order valence-corrected chi connectivity index (χ2v) is 9.13. The molecule has 1 aliphatic rings. The summed E-state index contributed by atoms with van der Waals surface area (Å²) in [5, 5.41) is 10.7. The zero-order chi connectivity index (χ0) is 22.6. The number of nitro benzene ring substituents is 1. The minimum Gasteiger partial charge on any atom is -0.460 e. The number of benzene rings is 2. The van der Waals surface area contributed by atoms with Crippen LogP contribution in [0.3, 0.4) is 0 Å². The lowest BCUT2D eigenvalue weighted by molar-refractivity contribution is -0.384. The average molecular weight is 446 g/mol. The van der Waals surface area contributed by atoms with Crippen molar-refractivity contribution in [2.45, 2.75) is 43.7 Å². The van der Waals surface area contributed by atoms with Crippen LogP contribution < -0.4 is 0 Å². The van der Waals surface area contributed by atoms with Crippen molar-refractivity contribution < 1.29 is 27.7 Å². The fourth-order valence-electron chi connectivity index (χ4n) is 3.39. The van der Waals surface area contributed by atoms with Gasteiger partial charge in [0.05, 0.1) is 9.82 Å². The summed E-state index contributed by atoms with van der Waals surface area (Å²) in [7, 11) is -3.95. The molecular weight excluding hydrogens is 424 g/mol. The van der Waals surface area contributed by atoms with Crippen LogP contribution in [0.5, 0.6) is 0 Å². The van der Waals surface area contributed by atoms with Crippen molar-refractivity contribution in [3.63, 3.8) is 0 Å². The van der Waals surface area contributed by atoms with Crippen molar-refractivity contribution in [3.8, 4) is 0 Å². The maximum absolute atomic E-state index is 13.1. The number of rotatable bonds is 7. The summed E-state index contributed by atoms with van der Waals surface area (Å²) in [6.45, 7) is 1.47. The molecule has 1 heterocycles. The van der Waals surface area contributed by atoms with Gasteiger partial charge in [-0.3, -0.25) is 19.7 Å². The highest BCUT2D eigenvalue weighted by molar-refractivity contribution is 7.89. The number of esters is 1. The second-order valence-electron chi connectivity index (χ2n) is 7.24. The molecule has 0 saturated carbocycles. The summed E-state index contributed by atoms with van der Waals surface area (Å²) in [6.07, 6.45) is 1.65. The number of carbonyl (C=O) groups is 2. The number of non-ortho nitro benzene ring substituents is 1. The van der Waals surface area contributed by atoms with Crippen LogP contribution in [0.15, 0.2) is 53.4 Å². The van der Waals surface area contributed by atoms with E-state index in [1.165, 1.54) is 55.5 Å². The molecule has 31 heavy (non-hydrogen) atoms. The molecule has 0 N–H and O–H groups in total. The van der Waals surface area contributed by atoms with Gasteiger partial charge in [-0.2, -0.15) is 4.31 Å². The number of hydrogen-bond donors (Lipinski definition) is 0. The van der Waals surface area contributed by atoms with E-state index >= 15 is 0 Å². The van der Waals surface area contributed by atoms with Crippen LogP contribution in [0.2, 0.25) is 0 Å². The molecular formula is C21H22N2O7S. The van der Waals surface area contributed by atoms with E-state index in [2.05, 4.69) is 0 Å². The third-order valence-electron chi connectivity index (χ3n) is 5.12. The molecule has 0 spiro atoms. The summed E-state index contributed by atoms with van der Waals surface area (Å²) in [6, 6.07) is 10.2. The zero-order valence-electron chi connectivity index (χ0n) is 16.9. The Morgan fingerprint density at radius 2 is 1.74 bits per heavy atom. The summed E-state index contributed by atoms with van der Waals surface area (Å²) in [5.41, 5.74) is 0.885. The van der Waals surface area contributed by atoms with Crippen LogP contribution >= 0.6 is 0 Å². The van der Waals surface area contributed by atoms with Crippen molar-refractivity contribution in [1.82, 2.24) is 4.31 Å². The molecule has 1 aliphatic heterocycles. The Balaban J connectivity index is 1.73. The van der Waals surface area contributed by atoms with Crippen LogP contribution in [-0.4, -0.2) is 42.0 Å². The van der Waals surface area contributed by atoms with Gasteiger partial charge in [0, 0.05) is 24.2 Å². The largest absolute Gasteiger partial charge is 0.460 e. The molecule has 10 heteroatoms. The Kier molecular flexibility index (Phi) is 6.81. The van der Waals surface area contributed by atoms with Crippen molar-refractivity contribution in [1.29, 1.82) is 0 Å². The van der Waals surface area contributed by atoms with Crippen molar-refractivity contribution in [2.24, 2.45) is 0 Å². The van der Waals surface area contributed by atoms with E-state index in [0.29, 0.717) is 30.4 Å². The number of nitro groups is 1. The van der Waals surface area contributed by atoms with E-state index in [1.54, 1.807) is 0 Å². The first-order valence-corrected chi connectivity index (χ1v) is 11.2. The first-order valence-electron chi connectivity index (χ1n) is 9.73. The molecule has 1 saturated heterocycles. The molecule has 2 aromatic carbocycles. The topological polar surface area (TPSA) is 124 Å². The smallest absolute Gasteiger partial charge is 0.324 e. The van der Waals surface area contributed by atoms with Gasteiger partial charge in [0.15, 0.2) is 5.78 Å². The van der Waals surface area contributed by atoms with Crippen LogP contribution in [-0.2, 0) is 26.2 Å². The van der Waals surface area contributed by atoms with Crippen molar-refractivity contribution >= 4 is 27.5 Å². The maximum atomic E-state index is 13.1. The first kappa shape index (κ1) is 22.6. The molecule has 1 unspecified atom stereocenters. The van der Waals surface area contributed by atoms with Crippen LogP contribution in [0.4, 0.5) is 5.69 Å². The lowest BCUT2D eigenvalue weighted by Crippen LogP contribution is -2.48. The van der Waals surface area contributed by atoms with Gasteiger partial charge in [-0.15, -0.1) is 0 Å². The highest BCUT2D eigenvalue weighted by Gasteiger charge is 2.38. The number of carbonyl (C=O) groups excluding carboxylic acids is 2. The molecule has 0 bridgehead atoms.